The van der Waals surface area contributed by atoms with Crippen molar-refractivity contribution in [3.63, 3.8) is 0 Å². The van der Waals surface area contributed by atoms with Crippen molar-refractivity contribution in [2.24, 2.45) is 0 Å². The van der Waals surface area contributed by atoms with Crippen LogP contribution in [0.3, 0.4) is 0 Å². The standard InChI is InChI=1S/C6H15FO4S2/c1-10-13(8,9)11-5-4-6-12(2,3)7/h4-6H2,1-3H3. The third kappa shape index (κ3) is 8.48. The number of hydrogen-bond acceptors (Lipinski definition) is 4. The van der Waals surface area contributed by atoms with Crippen LogP contribution in [0.15, 0.2) is 0 Å². The van der Waals surface area contributed by atoms with Crippen LogP contribution in [-0.2, 0) is 18.8 Å². The molecule has 0 aliphatic carbocycles. The zero-order chi connectivity index (χ0) is 10.5. The van der Waals surface area contributed by atoms with E-state index in [2.05, 4.69) is 8.37 Å². The number of halogens is 1. The summed E-state index contributed by atoms with van der Waals surface area (Å²) in [5, 5.41) is 0. The molecule has 7 heteroatoms. The van der Waals surface area contributed by atoms with Crippen molar-refractivity contribution in [3.8, 4) is 0 Å². The van der Waals surface area contributed by atoms with E-state index in [0.717, 1.165) is 7.11 Å². The molecule has 0 aromatic rings. The van der Waals surface area contributed by atoms with Crippen LogP contribution in [0.5, 0.6) is 0 Å². The highest BCUT2D eigenvalue weighted by atomic mass is 32.3. The minimum absolute atomic E-state index is 0.0312. The summed E-state index contributed by atoms with van der Waals surface area (Å²) in [4.78, 5) is 0. The van der Waals surface area contributed by atoms with Gasteiger partial charge in [-0.25, -0.2) is 4.18 Å². The smallest absolute Gasteiger partial charge is 0.252 e. The van der Waals surface area contributed by atoms with E-state index in [-0.39, 0.29) is 6.61 Å². The van der Waals surface area contributed by atoms with E-state index in [1.54, 1.807) is 0 Å². The van der Waals surface area contributed by atoms with Crippen LogP contribution in [0.4, 0.5) is 3.89 Å². The van der Waals surface area contributed by atoms with Gasteiger partial charge >= 0.3 is 10.4 Å². The van der Waals surface area contributed by atoms with E-state index < -0.39 is 20.8 Å². The summed E-state index contributed by atoms with van der Waals surface area (Å²) in [6.07, 6.45) is 3.40. The largest absolute Gasteiger partial charge is 0.399 e. The minimum Gasteiger partial charge on any atom is -0.252 e. The molecule has 0 spiro atoms. The first-order valence-corrected chi connectivity index (χ1v) is 7.48. The molecule has 0 rings (SSSR count). The van der Waals surface area contributed by atoms with Crippen molar-refractivity contribution < 1.29 is 20.7 Å². The van der Waals surface area contributed by atoms with Gasteiger partial charge in [-0.3, -0.25) is 4.18 Å². The maximum absolute atomic E-state index is 12.9. The first kappa shape index (κ1) is 13.2. The number of hydrogen-bond donors (Lipinski definition) is 0. The molecule has 0 atom stereocenters. The fourth-order valence-electron chi connectivity index (χ4n) is 0.611. The normalized spacial score (nSPS) is 14.5. The Morgan fingerprint density at radius 1 is 1.31 bits per heavy atom. The molecule has 0 unspecified atom stereocenters. The zero-order valence-electron chi connectivity index (χ0n) is 7.95. The molecule has 82 valence electrons. The van der Waals surface area contributed by atoms with Crippen LogP contribution in [0, 0.1) is 0 Å². The molecule has 0 bridgehead atoms. The lowest BCUT2D eigenvalue weighted by molar-refractivity contribution is 0.244. The summed E-state index contributed by atoms with van der Waals surface area (Å²) in [5.74, 6) is 0.340. The molecule has 0 aromatic heterocycles. The van der Waals surface area contributed by atoms with E-state index in [4.69, 9.17) is 0 Å². The van der Waals surface area contributed by atoms with Gasteiger partial charge in [0.2, 0.25) is 0 Å². The van der Waals surface area contributed by atoms with Gasteiger partial charge in [0.1, 0.15) is 0 Å². The van der Waals surface area contributed by atoms with Crippen molar-refractivity contribution in [1.29, 1.82) is 0 Å². The number of rotatable bonds is 6. The van der Waals surface area contributed by atoms with E-state index in [9.17, 15) is 12.3 Å². The summed E-state index contributed by atoms with van der Waals surface area (Å²) >= 11 is 0. The quantitative estimate of drug-likeness (QED) is 0.649. The molecule has 0 heterocycles. The van der Waals surface area contributed by atoms with Crippen LogP contribution in [0.1, 0.15) is 6.42 Å². The minimum atomic E-state index is -3.85. The van der Waals surface area contributed by atoms with Crippen LogP contribution >= 0.6 is 10.4 Å². The molecule has 0 saturated heterocycles. The lowest BCUT2D eigenvalue weighted by atomic mass is 10.5. The maximum Gasteiger partial charge on any atom is 0.399 e. The van der Waals surface area contributed by atoms with Crippen LogP contribution in [0.25, 0.3) is 0 Å². The van der Waals surface area contributed by atoms with Crippen molar-refractivity contribution >= 4 is 20.8 Å². The molecule has 0 aliphatic heterocycles. The fourth-order valence-corrected chi connectivity index (χ4v) is 1.83. The first-order valence-electron chi connectivity index (χ1n) is 3.62. The Morgan fingerprint density at radius 3 is 2.23 bits per heavy atom. The molecule has 0 fully saturated rings. The Hall–Kier alpha value is 0.150. The third-order valence-corrected chi connectivity index (χ3v) is 3.33. The van der Waals surface area contributed by atoms with Crippen molar-refractivity contribution in [2.45, 2.75) is 6.42 Å². The van der Waals surface area contributed by atoms with E-state index >= 15 is 0 Å². The van der Waals surface area contributed by atoms with Gasteiger partial charge in [-0.15, -0.1) is 0 Å². The van der Waals surface area contributed by atoms with E-state index in [0.29, 0.717) is 12.2 Å². The Labute approximate surface area is 80.4 Å². The predicted octanol–water partition coefficient (Wildman–Crippen LogP) is 1.23. The molecule has 0 N–H and O–H groups in total. The van der Waals surface area contributed by atoms with E-state index in [1.807, 2.05) is 0 Å². The molecule has 0 saturated carbocycles. The lowest BCUT2D eigenvalue weighted by Gasteiger charge is -2.18. The summed E-state index contributed by atoms with van der Waals surface area (Å²) in [7, 11) is -4.90. The molecule has 0 aromatic carbocycles. The lowest BCUT2D eigenvalue weighted by Crippen LogP contribution is -2.10. The van der Waals surface area contributed by atoms with Gasteiger partial charge in [0.15, 0.2) is 0 Å². The second kappa shape index (κ2) is 5.14. The average molecular weight is 234 g/mol. The topological polar surface area (TPSA) is 52.6 Å². The highest BCUT2D eigenvalue weighted by Gasteiger charge is 2.11. The van der Waals surface area contributed by atoms with Crippen LogP contribution < -0.4 is 0 Å². The summed E-state index contributed by atoms with van der Waals surface area (Å²) < 4.78 is 42.5. The molecule has 0 aliphatic rings. The van der Waals surface area contributed by atoms with Crippen LogP contribution in [-0.4, -0.2) is 40.4 Å². The average Bonchev–Trinajstić information content (AvgIpc) is 1.97. The monoisotopic (exact) mass is 234 g/mol. The second-order valence-electron chi connectivity index (χ2n) is 2.86. The van der Waals surface area contributed by atoms with Gasteiger partial charge in [-0.05, 0) is 18.9 Å². The van der Waals surface area contributed by atoms with Crippen molar-refractivity contribution in [3.05, 3.63) is 0 Å². The van der Waals surface area contributed by atoms with Gasteiger partial charge in [0.25, 0.3) is 0 Å². The molecule has 13 heavy (non-hydrogen) atoms. The van der Waals surface area contributed by atoms with E-state index in [1.165, 1.54) is 12.5 Å². The highest BCUT2D eigenvalue weighted by Crippen LogP contribution is 2.41. The SMILES string of the molecule is COS(=O)(=O)OCCCS(C)(C)F. The Balaban J connectivity index is 3.59. The Bertz CT molecular complexity index is 232. The predicted molar refractivity (Wildman–Crippen MR) is 51.9 cm³/mol. The molecule has 0 amide bonds. The summed E-state index contributed by atoms with van der Waals surface area (Å²) in [6, 6.07) is 0. The molecule has 0 radical (unpaired) electrons. The Morgan fingerprint density at radius 2 is 1.85 bits per heavy atom. The Kier molecular flexibility index (Phi) is 5.19. The maximum atomic E-state index is 12.9. The summed E-state index contributed by atoms with van der Waals surface area (Å²) in [5.41, 5.74) is 0. The van der Waals surface area contributed by atoms with Gasteiger partial charge < -0.3 is 0 Å². The molecular weight excluding hydrogens is 219 g/mol. The second-order valence-corrected chi connectivity index (χ2v) is 7.46. The van der Waals surface area contributed by atoms with Gasteiger partial charge in [0, 0.05) is 5.75 Å². The molecule has 4 nitrogen and oxygen atoms in total. The van der Waals surface area contributed by atoms with Gasteiger partial charge in [-0.2, -0.15) is 12.3 Å². The summed E-state index contributed by atoms with van der Waals surface area (Å²) in [6.45, 7) is -0.0312. The zero-order valence-corrected chi connectivity index (χ0v) is 9.58. The first-order chi connectivity index (χ1) is 5.77. The van der Waals surface area contributed by atoms with Crippen molar-refractivity contribution in [2.75, 3.05) is 32.0 Å². The van der Waals surface area contributed by atoms with Crippen LogP contribution in [0.2, 0.25) is 0 Å². The fraction of sp³-hybridized carbons (Fsp3) is 1.00. The highest BCUT2D eigenvalue weighted by molar-refractivity contribution is 8.28. The van der Waals surface area contributed by atoms with Gasteiger partial charge in [0.05, 0.1) is 13.7 Å². The molecular formula is C6H15FO4S2. The third-order valence-electron chi connectivity index (χ3n) is 1.21. The van der Waals surface area contributed by atoms with Crippen molar-refractivity contribution in [1.82, 2.24) is 0 Å². The van der Waals surface area contributed by atoms with Gasteiger partial charge in [-0.1, -0.05) is 10.4 Å².